The van der Waals surface area contributed by atoms with Crippen molar-refractivity contribution in [3.05, 3.63) is 95.9 Å². The van der Waals surface area contributed by atoms with Crippen molar-refractivity contribution in [3.63, 3.8) is 0 Å². The molecule has 33 heavy (non-hydrogen) atoms. The molecule has 0 bridgehead atoms. The summed E-state index contributed by atoms with van der Waals surface area (Å²) >= 11 is 0. The Balaban J connectivity index is 1.45. The van der Waals surface area contributed by atoms with Crippen LogP contribution in [-0.4, -0.2) is 22.5 Å². The zero-order chi connectivity index (χ0) is 22.2. The SMILES string of the molecule is O=COC(Cc1cc2cccnc2cn1)C1CCCc2ccc3c(ccc4ccccc43)c21. The molecule has 1 aliphatic carbocycles. The molecule has 0 radical (unpaired) electrons. The first-order valence-electron chi connectivity index (χ1n) is 11.5. The second kappa shape index (κ2) is 8.28. The van der Waals surface area contributed by atoms with Crippen LogP contribution in [0.2, 0.25) is 0 Å². The van der Waals surface area contributed by atoms with Crippen molar-refractivity contribution >= 4 is 38.9 Å². The monoisotopic (exact) mass is 432 g/mol. The zero-order valence-corrected chi connectivity index (χ0v) is 18.3. The van der Waals surface area contributed by atoms with Gasteiger partial charge < -0.3 is 4.74 Å². The molecular weight excluding hydrogens is 408 g/mol. The number of fused-ring (bicyclic) bond motifs is 6. The highest BCUT2D eigenvalue weighted by molar-refractivity contribution is 6.09. The quantitative estimate of drug-likeness (QED) is 0.247. The largest absolute Gasteiger partial charge is 0.464 e. The molecule has 3 aromatic carbocycles. The van der Waals surface area contributed by atoms with Gasteiger partial charge in [-0.1, -0.05) is 54.6 Å². The molecule has 4 heteroatoms. The number of rotatable bonds is 5. The summed E-state index contributed by atoms with van der Waals surface area (Å²) in [6.45, 7) is 0.599. The van der Waals surface area contributed by atoms with Gasteiger partial charge >= 0.3 is 0 Å². The van der Waals surface area contributed by atoms with E-state index in [1.54, 1.807) is 12.4 Å². The molecule has 0 spiro atoms. The first-order valence-corrected chi connectivity index (χ1v) is 11.5. The van der Waals surface area contributed by atoms with Gasteiger partial charge in [0.05, 0.1) is 11.7 Å². The summed E-state index contributed by atoms with van der Waals surface area (Å²) in [7, 11) is 0. The number of nitrogens with zero attached hydrogens (tertiary/aromatic N) is 2. The number of carbonyl (C=O) groups is 1. The number of hydrogen-bond donors (Lipinski definition) is 0. The van der Waals surface area contributed by atoms with Crippen LogP contribution in [0.15, 0.2) is 79.1 Å². The van der Waals surface area contributed by atoms with E-state index < -0.39 is 0 Å². The Kier molecular flexibility index (Phi) is 4.99. The van der Waals surface area contributed by atoms with E-state index in [2.05, 4.69) is 64.6 Å². The summed E-state index contributed by atoms with van der Waals surface area (Å²) in [5.74, 6) is 0.134. The average Bonchev–Trinajstić information content (AvgIpc) is 2.87. The van der Waals surface area contributed by atoms with Crippen LogP contribution in [0.25, 0.3) is 32.4 Å². The maximum atomic E-state index is 11.6. The number of aryl methyl sites for hydroxylation is 1. The molecule has 2 aromatic heterocycles. The van der Waals surface area contributed by atoms with Crippen molar-refractivity contribution in [2.45, 2.75) is 37.7 Å². The maximum Gasteiger partial charge on any atom is 0.293 e. The van der Waals surface area contributed by atoms with Gasteiger partial charge in [-0.25, -0.2) is 0 Å². The highest BCUT2D eigenvalue weighted by Gasteiger charge is 2.31. The van der Waals surface area contributed by atoms with Gasteiger partial charge in [0.15, 0.2) is 0 Å². The van der Waals surface area contributed by atoms with Crippen LogP contribution in [0.4, 0.5) is 0 Å². The molecular formula is C29H24N2O2. The number of pyridine rings is 2. The van der Waals surface area contributed by atoms with Crippen molar-refractivity contribution in [2.75, 3.05) is 0 Å². The van der Waals surface area contributed by atoms with Gasteiger partial charge in [-0.3, -0.25) is 14.8 Å². The minimum Gasteiger partial charge on any atom is -0.464 e. The molecule has 2 heterocycles. The molecule has 162 valence electrons. The van der Waals surface area contributed by atoms with E-state index in [-0.39, 0.29) is 12.0 Å². The Morgan fingerprint density at radius 1 is 0.939 bits per heavy atom. The Hall–Kier alpha value is -3.79. The lowest BCUT2D eigenvalue weighted by atomic mass is 9.76. The van der Waals surface area contributed by atoms with Crippen molar-refractivity contribution in [2.24, 2.45) is 0 Å². The Bertz CT molecular complexity index is 1490. The number of carbonyl (C=O) groups excluding carboxylic acids is 1. The third kappa shape index (κ3) is 3.52. The summed E-state index contributed by atoms with van der Waals surface area (Å²) in [5, 5.41) is 6.09. The minimum absolute atomic E-state index is 0.134. The van der Waals surface area contributed by atoms with E-state index in [4.69, 9.17) is 4.74 Å². The normalized spacial score (nSPS) is 16.5. The fraction of sp³-hybridized carbons (Fsp3) is 0.207. The zero-order valence-electron chi connectivity index (χ0n) is 18.3. The van der Waals surface area contributed by atoms with Gasteiger partial charge in [-0.05, 0) is 64.1 Å². The van der Waals surface area contributed by atoms with Crippen LogP contribution in [-0.2, 0) is 22.4 Å². The summed E-state index contributed by atoms with van der Waals surface area (Å²) in [6.07, 6.45) is 7.03. The van der Waals surface area contributed by atoms with Crippen LogP contribution >= 0.6 is 0 Å². The van der Waals surface area contributed by atoms with E-state index in [9.17, 15) is 4.79 Å². The third-order valence-electron chi connectivity index (χ3n) is 7.03. The smallest absolute Gasteiger partial charge is 0.293 e. The maximum absolute atomic E-state index is 11.6. The first-order chi connectivity index (χ1) is 16.3. The van der Waals surface area contributed by atoms with Crippen molar-refractivity contribution < 1.29 is 9.53 Å². The lowest BCUT2D eigenvalue weighted by molar-refractivity contribution is -0.134. The number of hydrogen-bond acceptors (Lipinski definition) is 4. The molecule has 0 saturated heterocycles. The second-order valence-electron chi connectivity index (χ2n) is 8.87. The van der Waals surface area contributed by atoms with Crippen LogP contribution in [0.5, 0.6) is 0 Å². The van der Waals surface area contributed by atoms with E-state index in [0.717, 1.165) is 35.9 Å². The van der Waals surface area contributed by atoms with Gasteiger partial charge in [-0.15, -0.1) is 0 Å². The van der Waals surface area contributed by atoms with E-state index >= 15 is 0 Å². The highest BCUT2D eigenvalue weighted by atomic mass is 16.5. The molecule has 4 nitrogen and oxygen atoms in total. The van der Waals surface area contributed by atoms with Gasteiger partial charge in [0, 0.05) is 29.6 Å². The Morgan fingerprint density at radius 2 is 1.82 bits per heavy atom. The van der Waals surface area contributed by atoms with Gasteiger partial charge in [0.2, 0.25) is 0 Å². The molecule has 2 atom stereocenters. The number of ether oxygens (including phenoxy) is 1. The highest BCUT2D eigenvalue weighted by Crippen LogP contribution is 2.42. The first kappa shape index (κ1) is 19.9. The molecule has 0 fully saturated rings. The van der Waals surface area contributed by atoms with Crippen LogP contribution < -0.4 is 0 Å². The molecule has 1 aliphatic rings. The van der Waals surface area contributed by atoms with Gasteiger partial charge in [0.25, 0.3) is 6.47 Å². The Labute approximate surface area is 192 Å². The standard InChI is InChI=1S/C29H24N2O2/c32-18-33-28(16-22-15-21-7-4-14-30-27(21)17-31-22)26-9-3-6-20-11-12-24-23-8-2-1-5-19(23)10-13-25(24)29(20)26/h1-2,4-5,7-8,10-15,17-18,26,28H,3,6,9,16H2. The molecule has 0 amide bonds. The van der Waals surface area contributed by atoms with E-state index in [1.165, 1.54) is 32.7 Å². The second-order valence-corrected chi connectivity index (χ2v) is 8.87. The summed E-state index contributed by atoms with van der Waals surface area (Å²) < 4.78 is 5.75. The van der Waals surface area contributed by atoms with Crippen LogP contribution in [0.3, 0.4) is 0 Å². The summed E-state index contributed by atoms with van der Waals surface area (Å²) in [6, 6.07) is 23.5. The molecule has 0 saturated carbocycles. The average molecular weight is 433 g/mol. The molecule has 0 aliphatic heterocycles. The predicted molar refractivity (Wildman–Crippen MR) is 131 cm³/mol. The van der Waals surface area contributed by atoms with E-state index in [1.807, 2.05) is 12.1 Å². The van der Waals surface area contributed by atoms with Crippen molar-refractivity contribution in [3.8, 4) is 0 Å². The topological polar surface area (TPSA) is 52.1 Å². The van der Waals surface area contributed by atoms with Crippen molar-refractivity contribution in [1.82, 2.24) is 9.97 Å². The predicted octanol–water partition coefficient (Wildman–Crippen LogP) is 6.14. The minimum atomic E-state index is -0.264. The van der Waals surface area contributed by atoms with Gasteiger partial charge in [0.1, 0.15) is 6.10 Å². The molecule has 6 rings (SSSR count). The van der Waals surface area contributed by atoms with Crippen LogP contribution in [0.1, 0.15) is 35.6 Å². The number of benzene rings is 3. The fourth-order valence-corrected chi connectivity index (χ4v) is 5.54. The summed E-state index contributed by atoms with van der Waals surface area (Å²) in [4.78, 5) is 20.5. The van der Waals surface area contributed by atoms with Gasteiger partial charge in [-0.2, -0.15) is 0 Å². The van der Waals surface area contributed by atoms with E-state index in [0.29, 0.717) is 12.9 Å². The lowest BCUT2D eigenvalue weighted by Crippen LogP contribution is -2.28. The molecule has 2 unspecified atom stereocenters. The Morgan fingerprint density at radius 3 is 2.76 bits per heavy atom. The summed E-state index contributed by atoms with van der Waals surface area (Å²) in [5.41, 5.74) is 4.48. The lowest BCUT2D eigenvalue weighted by Gasteiger charge is -2.32. The number of aromatic nitrogens is 2. The fourth-order valence-electron chi connectivity index (χ4n) is 5.54. The van der Waals surface area contributed by atoms with Crippen LogP contribution in [0, 0.1) is 0 Å². The van der Waals surface area contributed by atoms with Crippen molar-refractivity contribution in [1.29, 1.82) is 0 Å². The molecule has 5 aromatic rings. The molecule has 0 N–H and O–H groups in total. The third-order valence-corrected chi connectivity index (χ3v) is 7.03.